The lowest BCUT2D eigenvalue weighted by Gasteiger charge is -2.18. The van der Waals surface area contributed by atoms with Crippen LogP contribution < -0.4 is 21.1 Å². The summed E-state index contributed by atoms with van der Waals surface area (Å²) in [4.78, 5) is 12.4. The first-order valence-electron chi connectivity index (χ1n) is 5.85. The van der Waals surface area contributed by atoms with Gasteiger partial charge in [-0.15, -0.1) is 11.3 Å². The molecular weight excluding hydrogens is 262 g/mol. The van der Waals surface area contributed by atoms with Gasteiger partial charge in [-0.2, -0.15) is 0 Å². The molecule has 4 N–H and O–H groups in total. The molecule has 0 unspecified atom stereocenters. The number of fused-ring (bicyclic) bond motifs is 1. The van der Waals surface area contributed by atoms with Gasteiger partial charge in [-0.05, 0) is 29.6 Å². The first kappa shape index (κ1) is 11.9. The lowest BCUT2D eigenvalue weighted by Crippen LogP contribution is -2.25. The molecule has 1 aliphatic rings. The summed E-state index contributed by atoms with van der Waals surface area (Å²) in [6, 6.07) is 7.51. The van der Waals surface area contributed by atoms with E-state index in [1.54, 1.807) is 11.3 Å². The molecule has 0 bridgehead atoms. The Balaban J connectivity index is 1.74. The normalized spacial score (nSPS) is 13.4. The maximum absolute atomic E-state index is 11.3. The van der Waals surface area contributed by atoms with E-state index in [-0.39, 0.29) is 12.5 Å². The number of nitrogen functional groups attached to an aromatic ring is 1. The number of hydrogen-bond acceptors (Lipinski definition) is 5. The lowest BCUT2D eigenvalue weighted by molar-refractivity contribution is -0.118. The number of nitrogens with two attached hydrogens (primary N) is 1. The summed E-state index contributed by atoms with van der Waals surface area (Å²) in [5, 5.41) is 8.02. The van der Waals surface area contributed by atoms with Crippen LogP contribution >= 0.6 is 11.3 Å². The van der Waals surface area contributed by atoms with Crippen molar-refractivity contribution in [1.29, 1.82) is 0 Å². The fourth-order valence-electron chi connectivity index (χ4n) is 1.87. The molecule has 19 heavy (non-hydrogen) atoms. The van der Waals surface area contributed by atoms with Crippen LogP contribution in [0.2, 0.25) is 0 Å². The van der Waals surface area contributed by atoms with Crippen molar-refractivity contribution in [2.24, 2.45) is 0 Å². The third-order valence-electron chi connectivity index (χ3n) is 2.85. The first-order valence-corrected chi connectivity index (χ1v) is 6.73. The molecule has 0 spiro atoms. The molecule has 3 rings (SSSR count). The minimum absolute atomic E-state index is 0.0749. The molecule has 0 saturated carbocycles. The van der Waals surface area contributed by atoms with Gasteiger partial charge >= 0.3 is 0 Å². The third kappa shape index (κ3) is 2.48. The van der Waals surface area contributed by atoms with Gasteiger partial charge < -0.3 is 21.1 Å². The number of carbonyl (C=O) groups excluding carboxylic acids is 1. The van der Waals surface area contributed by atoms with Crippen LogP contribution in [0.1, 0.15) is 4.88 Å². The van der Waals surface area contributed by atoms with E-state index >= 15 is 0 Å². The summed E-state index contributed by atoms with van der Waals surface area (Å²) in [5.74, 6) is 0.563. The second-order valence-electron chi connectivity index (χ2n) is 4.20. The van der Waals surface area contributed by atoms with Gasteiger partial charge in [0.1, 0.15) is 5.75 Å². The van der Waals surface area contributed by atoms with Crippen molar-refractivity contribution in [3.8, 4) is 5.75 Å². The fourth-order valence-corrected chi connectivity index (χ4v) is 2.61. The molecule has 0 radical (unpaired) electrons. The van der Waals surface area contributed by atoms with E-state index in [4.69, 9.17) is 10.5 Å². The Morgan fingerprint density at radius 3 is 3.11 bits per heavy atom. The van der Waals surface area contributed by atoms with Gasteiger partial charge in [-0.3, -0.25) is 4.79 Å². The zero-order chi connectivity index (χ0) is 13.2. The summed E-state index contributed by atoms with van der Waals surface area (Å²) in [6.07, 6.45) is 0. The van der Waals surface area contributed by atoms with E-state index in [1.165, 1.54) is 0 Å². The summed E-state index contributed by atoms with van der Waals surface area (Å²) >= 11 is 1.62. The van der Waals surface area contributed by atoms with Crippen LogP contribution in [0.5, 0.6) is 5.75 Å². The van der Waals surface area contributed by atoms with Gasteiger partial charge in [0, 0.05) is 16.3 Å². The van der Waals surface area contributed by atoms with Crippen molar-refractivity contribution < 1.29 is 9.53 Å². The Labute approximate surface area is 114 Å². The van der Waals surface area contributed by atoms with Crippen molar-refractivity contribution in [2.75, 3.05) is 23.0 Å². The van der Waals surface area contributed by atoms with E-state index in [0.29, 0.717) is 18.0 Å². The molecule has 1 aromatic heterocycles. The van der Waals surface area contributed by atoms with Gasteiger partial charge in [0.25, 0.3) is 5.91 Å². The predicted octanol–water partition coefficient (Wildman–Crippen LogP) is 2.27. The van der Waals surface area contributed by atoms with E-state index in [9.17, 15) is 4.79 Å². The van der Waals surface area contributed by atoms with Crippen molar-refractivity contribution in [1.82, 2.24) is 0 Å². The van der Waals surface area contributed by atoms with E-state index in [2.05, 4.69) is 10.6 Å². The Morgan fingerprint density at radius 2 is 2.32 bits per heavy atom. The second kappa shape index (κ2) is 4.81. The number of hydrogen-bond donors (Lipinski definition) is 3. The molecule has 1 aromatic carbocycles. The minimum atomic E-state index is -0.132. The van der Waals surface area contributed by atoms with Crippen molar-refractivity contribution >= 4 is 34.3 Å². The number of nitrogens with one attached hydrogen (secondary N) is 2. The second-order valence-corrected chi connectivity index (χ2v) is 5.20. The number of ether oxygens (including phenoxy) is 1. The molecule has 6 heteroatoms. The SMILES string of the molecule is Nc1ccsc1CNc1ccc2c(c1)NC(=O)CO2. The van der Waals surface area contributed by atoms with Crippen LogP contribution in [0, 0.1) is 0 Å². The molecule has 5 nitrogen and oxygen atoms in total. The van der Waals surface area contributed by atoms with E-state index in [0.717, 1.165) is 16.3 Å². The number of rotatable bonds is 3. The van der Waals surface area contributed by atoms with Gasteiger partial charge in [-0.1, -0.05) is 0 Å². The standard InChI is InChI=1S/C13H13N3O2S/c14-9-3-4-19-12(9)6-15-8-1-2-11-10(5-8)16-13(17)7-18-11/h1-5,15H,6-7,14H2,(H,16,17). The Bertz CT molecular complexity index is 624. The highest BCUT2D eigenvalue weighted by atomic mass is 32.1. The monoisotopic (exact) mass is 275 g/mol. The van der Waals surface area contributed by atoms with Crippen LogP contribution in [0.25, 0.3) is 0 Å². The topological polar surface area (TPSA) is 76.4 Å². The predicted molar refractivity (Wildman–Crippen MR) is 76.6 cm³/mol. The lowest BCUT2D eigenvalue weighted by atomic mass is 10.2. The first-order chi connectivity index (χ1) is 9.22. The Kier molecular flexibility index (Phi) is 3.00. The van der Waals surface area contributed by atoms with Crippen LogP contribution in [-0.2, 0) is 11.3 Å². The zero-order valence-electron chi connectivity index (χ0n) is 10.1. The van der Waals surface area contributed by atoms with Crippen molar-refractivity contribution in [3.05, 3.63) is 34.5 Å². The molecule has 0 atom stereocenters. The highest BCUT2D eigenvalue weighted by Crippen LogP contribution is 2.31. The highest BCUT2D eigenvalue weighted by molar-refractivity contribution is 7.10. The molecule has 1 amide bonds. The summed E-state index contributed by atoms with van der Waals surface area (Å²) in [7, 11) is 0. The molecule has 2 heterocycles. The van der Waals surface area contributed by atoms with Gasteiger partial charge in [-0.25, -0.2) is 0 Å². The van der Waals surface area contributed by atoms with Gasteiger partial charge in [0.2, 0.25) is 0 Å². The largest absolute Gasteiger partial charge is 0.482 e. The van der Waals surface area contributed by atoms with Crippen LogP contribution in [0.4, 0.5) is 17.1 Å². The van der Waals surface area contributed by atoms with Gasteiger partial charge in [0.15, 0.2) is 6.61 Å². The summed E-state index contributed by atoms with van der Waals surface area (Å²) in [5.41, 5.74) is 8.23. The molecular formula is C13H13N3O2S. The Hall–Kier alpha value is -2.21. The van der Waals surface area contributed by atoms with Gasteiger partial charge in [0.05, 0.1) is 12.2 Å². The molecule has 0 aliphatic carbocycles. The fraction of sp³-hybridized carbons (Fsp3) is 0.154. The van der Waals surface area contributed by atoms with Crippen LogP contribution in [-0.4, -0.2) is 12.5 Å². The number of amides is 1. The molecule has 0 fully saturated rings. The highest BCUT2D eigenvalue weighted by Gasteiger charge is 2.15. The summed E-state index contributed by atoms with van der Waals surface area (Å²) in [6.45, 7) is 0.739. The maximum atomic E-state index is 11.3. The number of thiophene rings is 1. The van der Waals surface area contributed by atoms with Crippen LogP contribution in [0.15, 0.2) is 29.6 Å². The quantitative estimate of drug-likeness (QED) is 0.803. The zero-order valence-corrected chi connectivity index (χ0v) is 10.9. The molecule has 0 saturated heterocycles. The molecule has 1 aliphatic heterocycles. The number of benzene rings is 1. The Morgan fingerprint density at radius 1 is 1.42 bits per heavy atom. The van der Waals surface area contributed by atoms with Crippen molar-refractivity contribution in [2.45, 2.75) is 6.54 Å². The van der Waals surface area contributed by atoms with E-state index < -0.39 is 0 Å². The van der Waals surface area contributed by atoms with Crippen molar-refractivity contribution in [3.63, 3.8) is 0 Å². The number of carbonyl (C=O) groups is 1. The van der Waals surface area contributed by atoms with Crippen LogP contribution in [0.3, 0.4) is 0 Å². The smallest absolute Gasteiger partial charge is 0.262 e. The van der Waals surface area contributed by atoms with E-state index in [1.807, 2.05) is 29.6 Å². The average Bonchev–Trinajstić information content (AvgIpc) is 2.81. The minimum Gasteiger partial charge on any atom is -0.482 e. The molecule has 98 valence electrons. The summed E-state index contributed by atoms with van der Waals surface area (Å²) < 4.78 is 5.30. The third-order valence-corrected chi connectivity index (χ3v) is 3.78. The average molecular weight is 275 g/mol. The number of anilines is 3. The molecule has 2 aromatic rings. The maximum Gasteiger partial charge on any atom is 0.262 e.